The van der Waals surface area contributed by atoms with Crippen LogP contribution in [0.5, 0.6) is 0 Å². The van der Waals surface area contributed by atoms with E-state index in [2.05, 4.69) is 53.2 Å². The monoisotopic (exact) mass is 328 g/mol. The summed E-state index contributed by atoms with van der Waals surface area (Å²) in [6.45, 7) is 11.1. The first-order valence-corrected chi connectivity index (χ1v) is 9.68. The number of likely N-dealkylation sites (tertiary alicyclic amines) is 1. The summed E-state index contributed by atoms with van der Waals surface area (Å²) in [6.07, 6.45) is 5.02. The van der Waals surface area contributed by atoms with E-state index in [9.17, 15) is 0 Å². The zero-order valence-corrected chi connectivity index (χ0v) is 15.3. The van der Waals surface area contributed by atoms with E-state index in [-0.39, 0.29) is 0 Å². The van der Waals surface area contributed by atoms with Gasteiger partial charge in [-0.2, -0.15) is 0 Å². The van der Waals surface area contributed by atoms with Crippen molar-refractivity contribution in [2.45, 2.75) is 39.5 Å². The van der Waals surface area contributed by atoms with E-state index in [1.807, 2.05) is 0 Å². The summed E-state index contributed by atoms with van der Waals surface area (Å²) in [6, 6.07) is 8.72. The van der Waals surface area contributed by atoms with E-state index in [0.717, 1.165) is 37.9 Å². The normalized spacial score (nSPS) is 19.6. The van der Waals surface area contributed by atoms with E-state index >= 15 is 0 Å². The molecule has 1 aromatic carbocycles. The lowest BCUT2D eigenvalue weighted by Gasteiger charge is -2.30. The van der Waals surface area contributed by atoms with E-state index in [1.54, 1.807) is 0 Å². The minimum Gasteiger partial charge on any atom is -0.356 e. The summed E-state index contributed by atoms with van der Waals surface area (Å²) in [7, 11) is 0. The largest absolute Gasteiger partial charge is 0.356 e. The molecule has 1 saturated heterocycles. The summed E-state index contributed by atoms with van der Waals surface area (Å²) in [5.74, 6) is 1.92. The molecule has 2 aliphatic heterocycles. The van der Waals surface area contributed by atoms with Gasteiger partial charge in [0.1, 0.15) is 0 Å². The van der Waals surface area contributed by atoms with Gasteiger partial charge in [-0.3, -0.25) is 4.99 Å². The Kier molecular flexibility index (Phi) is 6.13. The summed E-state index contributed by atoms with van der Waals surface area (Å²) >= 11 is 0. The van der Waals surface area contributed by atoms with E-state index in [1.165, 1.54) is 50.1 Å². The lowest BCUT2D eigenvalue weighted by molar-refractivity contribution is 0.188. The zero-order chi connectivity index (χ0) is 16.8. The SMILES string of the molecule is CCNC(=NCCC1CCN(CC)CC1)N1CCc2ccccc21. The zero-order valence-electron chi connectivity index (χ0n) is 15.3. The van der Waals surface area contributed by atoms with Crippen LogP contribution in [-0.4, -0.2) is 50.1 Å². The molecule has 132 valence electrons. The summed E-state index contributed by atoms with van der Waals surface area (Å²) in [5.41, 5.74) is 2.77. The molecular weight excluding hydrogens is 296 g/mol. The molecule has 1 aromatic rings. The quantitative estimate of drug-likeness (QED) is 0.665. The van der Waals surface area contributed by atoms with Gasteiger partial charge in [-0.05, 0) is 69.8 Å². The smallest absolute Gasteiger partial charge is 0.198 e. The van der Waals surface area contributed by atoms with Gasteiger partial charge < -0.3 is 15.1 Å². The fourth-order valence-corrected chi connectivity index (χ4v) is 3.90. The van der Waals surface area contributed by atoms with Crippen LogP contribution < -0.4 is 10.2 Å². The van der Waals surface area contributed by atoms with Crippen LogP contribution in [-0.2, 0) is 6.42 Å². The predicted octanol–water partition coefficient (Wildman–Crippen LogP) is 3.14. The van der Waals surface area contributed by atoms with Crippen LogP contribution in [0, 0.1) is 5.92 Å². The third-order valence-electron chi connectivity index (χ3n) is 5.43. The molecule has 4 heteroatoms. The molecule has 0 spiro atoms. The number of benzene rings is 1. The highest BCUT2D eigenvalue weighted by atomic mass is 15.3. The van der Waals surface area contributed by atoms with Gasteiger partial charge in [0.25, 0.3) is 0 Å². The fourth-order valence-electron chi connectivity index (χ4n) is 3.90. The van der Waals surface area contributed by atoms with E-state index in [4.69, 9.17) is 4.99 Å². The number of nitrogens with zero attached hydrogens (tertiary/aromatic N) is 3. The summed E-state index contributed by atoms with van der Waals surface area (Å²) in [4.78, 5) is 9.87. The van der Waals surface area contributed by atoms with Gasteiger partial charge in [0.15, 0.2) is 5.96 Å². The Bertz CT molecular complexity index is 546. The molecule has 2 aliphatic rings. The number of fused-ring (bicyclic) bond motifs is 1. The second-order valence-corrected chi connectivity index (χ2v) is 6.93. The maximum Gasteiger partial charge on any atom is 0.198 e. The summed E-state index contributed by atoms with van der Waals surface area (Å²) in [5, 5.41) is 3.49. The molecule has 1 N–H and O–H groups in total. The van der Waals surface area contributed by atoms with Crippen molar-refractivity contribution >= 4 is 11.6 Å². The molecule has 0 amide bonds. The lowest BCUT2D eigenvalue weighted by atomic mass is 9.94. The Labute approximate surface area is 146 Å². The van der Waals surface area contributed by atoms with E-state index < -0.39 is 0 Å². The van der Waals surface area contributed by atoms with Crippen molar-refractivity contribution in [2.24, 2.45) is 10.9 Å². The minimum atomic E-state index is 0.852. The van der Waals surface area contributed by atoms with Crippen LogP contribution in [0.1, 0.15) is 38.7 Å². The number of nitrogens with one attached hydrogen (secondary N) is 1. The molecule has 0 radical (unpaired) electrons. The maximum atomic E-state index is 4.95. The molecular formula is C20H32N4. The Morgan fingerprint density at radius 3 is 2.71 bits per heavy atom. The van der Waals surface area contributed by atoms with Gasteiger partial charge in [-0.25, -0.2) is 0 Å². The molecule has 1 fully saturated rings. The highest BCUT2D eigenvalue weighted by Crippen LogP contribution is 2.27. The highest BCUT2D eigenvalue weighted by molar-refractivity contribution is 5.97. The van der Waals surface area contributed by atoms with Gasteiger partial charge in [-0.1, -0.05) is 25.1 Å². The Morgan fingerprint density at radius 1 is 1.17 bits per heavy atom. The third kappa shape index (κ3) is 4.10. The molecule has 0 unspecified atom stereocenters. The number of hydrogen-bond donors (Lipinski definition) is 1. The topological polar surface area (TPSA) is 30.9 Å². The van der Waals surface area contributed by atoms with Crippen LogP contribution in [0.3, 0.4) is 0 Å². The average molecular weight is 329 g/mol. The van der Waals surface area contributed by atoms with E-state index in [0.29, 0.717) is 0 Å². The van der Waals surface area contributed by atoms with Gasteiger partial charge in [0, 0.05) is 25.3 Å². The van der Waals surface area contributed by atoms with Crippen LogP contribution in [0.2, 0.25) is 0 Å². The average Bonchev–Trinajstić information content (AvgIpc) is 3.05. The van der Waals surface area contributed by atoms with Crippen LogP contribution >= 0.6 is 0 Å². The number of rotatable bonds is 5. The second-order valence-electron chi connectivity index (χ2n) is 6.93. The first-order valence-electron chi connectivity index (χ1n) is 9.68. The molecule has 3 rings (SSSR count). The minimum absolute atomic E-state index is 0.852. The Balaban J connectivity index is 1.57. The van der Waals surface area contributed by atoms with Gasteiger partial charge >= 0.3 is 0 Å². The summed E-state index contributed by atoms with van der Waals surface area (Å²) < 4.78 is 0. The molecule has 0 atom stereocenters. The van der Waals surface area contributed by atoms with Crippen LogP contribution in [0.25, 0.3) is 0 Å². The maximum absolute atomic E-state index is 4.95. The molecule has 0 saturated carbocycles. The molecule has 24 heavy (non-hydrogen) atoms. The Morgan fingerprint density at radius 2 is 1.96 bits per heavy atom. The lowest BCUT2D eigenvalue weighted by Crippen LogP contribution is -2.40. The van der Waals surface area contributed by atoms with Crippen molar-refractivity contribution in [1.82, 2.24) is 10.2 Å². The van der Waals surface area contributed by atoms with Gasteiger partial charge in [0.2, 0.25) is 0 Å². The van der Waals surface area contributed by atoms with Crippen molar-refractivity contribution in [3.63, 3.8) is 0 Å². The van der Waals surface area contributed by atoms with Crippen molar-refractivity contribution in [3.05, 3.63) is 29.8 Å². The van der Waals surface area contributed by atoms with Crippen molar-refractivity contribution in [3.8, 4) is 0 Å². The van der Waals surface area contributed by atoms with Crippen molar-refractivity contribution < 1.29 is 0 Å². The number of anilines is 1. The highest BCUT2D eigenvalue weighted by Gasteiger charge is 2.22. The van der Waals surface area contributed by atoms with Crippen LogP contribution in [0.15, 0.2) is 29.3 Å². The number of piperidine rings is 1. The number of aliphatic imine (C=N–C) groups is 1. The van der Waals surface area contributed by atoms with Crippen molar-refractivity contribution in [1.29, 1.82) is 0 Å². The molecule has 0 aromatic heterocycles. The second kappa shape index (κ2) is 8.52. The number of guanidine groups is 1. The molecule has 0 aliphatic carbocycles. The van der Waals surface area contributed by atoms with Gasteiger partial charge in [-0.15, -0.1) is 0 Å². The number of hydrogen-bond acceptors (Lipinski definition) is 2. The number of para-hydroxylation sites is 1. The molecule has 2 heterocycles. The predicted molar refractivity (Wildman–Crippen MR) is 103 cm³/mol. The van der Waals surface area contributed by atoms with Crippen molar-refractivity contribution in [2.75, 3.05) is 44.2 Å². The third-order valence-corrected chi connectivity index (χ3v) is 5.43. The first kappa shape index (κ1) is 17.3. The molecule has 0 bridgehead atoms. The first-order chi connectivity index (χ1) is 11.8. The fraction of sp³-hybridized carbons (Fsp3) is 0.650. The standard InChI is InChI=1S/C20H32N4/c1-3-21-20(24-16-12-18-7-5-6-8-19(18)24)22-13-9-17-10-14-23(4-2)15-11-17/h5-8,17H,3-4,9-16H2,1-2H3,(H,21,22). The van der Waals surface area contributed by atoms with Crippen LogP contribution in [0.4, 0.5) is 5.69 Å². The Hall–Kier alpha value is -1.55. The molecule has 4 nitrogen and oxygen atoms in total. The van der Waals surface area contributed by atoms with Gasteiger partial charge in [0.05, 0.1) is 0 Å².